The summed E-state index contributed by atoms with van der Waals surface area (Å²) < 4.78 is 4.40. The summed E-state index contributed by atoms with van der Waals surface area (Å²) in [7, 11) is 1.34. The summed E-state index contributed by atoms with van der Waals surface area (Å²) in [4.78, 5) is 10.6. The van der Waals surface area contributed by atoms with Gasteiger partial charge in [0.05, 0.1) is 7.11 Å². The Balaban J connectivity index is 3.86. The molecule has 9 heavy (non-hydrogen) atoms. The first-order chi connectivity index (χ1) is 4.22. The summed E-state index contributed by atoms with van der Waals surface area (Å²) in [5, 5.41) is 0. The molecule has 0 saturated heterocycles. The lowest BCUT2D eigenvalue weighted by Crippen LogP contribution is -2.01. The summed E-state index contributed by atoms with van der Waals surface area (Å²) in [6, 6.07) is 0. The zero-order valence-electron chi connectivity index (χ0n) is 5.48. The van der Waals surface area contributed by atoms with Crippen LogP contribution in [-0.4, -0.2) is 19.0 Å². The van der Waals surface area contributed by atoms with Crippen LogP contribution in [0.5, 0.6) is 0 Å². The van der Waals surface area contributed by atoms with E-state index in [0.717, 1.165) is 0 Å². The van der Waals surface area contributed by atoms with Crippen LogP contribution in [0.15, 0.2) is 11.6 Å². The van der Waals surface area contributed by atoms with Crippen molar-refractivity contribution < 1.29 is 9.53 Å². The molecule has 0 saturated carbocycles. The molecule has 0 radical (unpaired) electrons. The minimum atomic E-state index is -0.323. The van der Waals surface area contributed by atoms with Crippen LogP contribution in [-0.2, 0) is 9.53 Å². The third-order valence-electron chi connectivity index (χ3n) is 0.891. The first kappa shape index (κ1) is 8.50. The van der Waals surface area contributed by atoms with Crippen molar-refractivity contribution in [2.75, 3.05) is 13.0 Å². The lowest BCUT2D eigenvalue weighted by atomic mass is 10.3. The van der Waals surface area contributed by atoms with Gasteiger partial charge >= 0.3 is 5.97 Å². The van der Waals surface area contributed by atoms with E-state index in [-0.39, 0.29) is 5.97 Å². The molecule has 52 valence electrons. The molecule has 0 atom stereocenters. The van der Waals surface area contributed by atoms with E-state index >= 15 is 0 Å². The fourth-order valence-corrected chi connectivity index (χ4v) is 0.592. The van der Waals surface area contributed by atoms with Gasteiger partial charge in [-0.25, -0.2) is 4.79 Å². The molecule has 0 spiro atoms. The standard InChI is InChI=1S/C6H9ClO2/c1-5(3-4-7)6(8)9-2/h3H,4H2,1-2H3. The molecule has 0 rings (SSSR count). The van der Waals surface area contributed by atoms with E-state index in [1.165, 1.54) is 7.11 Å². The van der Waals surface area contributed by atoms with Crippen molar-refractivity contribution in [3.63, 3.8) is 0 Å². The highest BCUT2D eigenvalue weighted by atomic mass is 35.5. The van der Waals surface area contributed by atoms with Gasteiger partial charge in [0.2, 0.25) is 0 Å². The number of carbonyl (C=O) groups is 1. The minimum Gasteiger partial charge on any atom is -0.466 e. The van der Waals surface area contributed by atoms with E-state index in [0.29, 0.717) is 11.5 Å². The maximum atomic E-state index is 10.6. The van der Waals surface area contributed by atoms with Gasteiger partial charge in [-0.2, -0.15) is 0 Å². The van der Waals surface area contributed by atoms with E-state index in [2.05, 4.69) is 4.74 Å². The molecule has 0 amide bonds. The monoisotopic (exact) mass is 148 g/mol. The first-order valence-corrected chi connectivity index (χ1v) is 3.07. The van der Waals surface area contributed by atoms with Gasteiger partial charge < -0.3 is 4.74 Å². The SMILES string of the molecule is COC(=O)C(C)=CCCl. The summed E-state index contributed by atoms with van der Waals surface area (Å²) in [6.07, 6.45) is 1.60. The third kappa shape index (κ3) is 3.14. The number of ether oxygens (including phenoxy) is 1. The van der Waals surface area contributed by atoms with E-state index in [1.807, 2.05) is 0 Å². The number of allylic oxidation sites excluding steroid dienone is 1. The number of esters is 1. The quantitative estimate of drug-likeness (QED) is 0.336. The zero-order valence-corrected chi connectivity index (χ0v) is 6.23. The molecule has 0 aromatic rings. The minimum absolute atomic E-state index is 0.323. The molecule has 0 aliphatic heterocycles. The van der Waals surface area contributed by atoms with Crippen LogP contribution in [0.3, 0.4) is 0 Å². The normalized spacial score (nSPS) is 11.2. The molecule has 0 aromatic heterocycles. The van der Waals surface area contributed by atoms with Crippen LogP contribution in [0.25, 0.3) is 0 Å². The maximum absolute atomic E-state index is 10.6. The molecule has 0 bridgehead atoms. The first-order valence-electron chi connectivity index (χ1n) is 2.53. The average molecular weight is 149 g/mol. The van der Waals surface area contributed by atoms with Crippen LogP contribution in [0.1, 0.15) is 6.92 Å². The lowest BCUT2D eigenvalue weighted by molar-refractivity contribution is -0.136. The highest BCUT2D eigenvalue weighted by Crippen LogP contribution is 1.95. The maximum Gasteiger partial charge on any atom is 0.333 e. The number of hydrogen-bond donors (Lipinski definition) is 0. The predicted octanol–water partition coefficient (Wildman–Crippen LogP) is 1.34. The van der Waals surface area contributed by atoms with Gasteiger partial charge in [-0.05, 0) is 6.92 Å². The van der Waals surface area contributed by atoms with Gasteiger partial charge in [0.25, 0.3) is 0 Å². The Kier molecular flexibility index (Phi) is 4.14. The number of alkyl halides is 1. The molecule has 0 aliphatic carbocycles. The molecular weight excluding hydrogens is 140 g/mol. The van der Waals surface area contributed by atoms with Gasteiger partial charge in [0.1, 0.15) is 0 Å². The Bertz CT molecular complexity index is 129. The van der Waals surface area contributed by atoms with Crippen molar-refractivity contribution >= 4 is 17.6 Å². The van der Waals surface area contributed by atoms with E-state index in [9.17, 15) is 4.79 Å². The summed E-state index contributed by atoms with van der Waals surface area (Å²) in [6.45, 7) is 1.66. The molecule has 2 nitrogen and oxygen atoms in total. The van der Waals surface area contributed by atoms with Crippen LogP contribution >= 0.6 is 11.6 Å². The fourth-order valence-electron chi connectivity index (χ4n) is 0.360. The second-order valence-corrected chi connectivity index (χ2v) is 1.84. The Morgan fingerprint density at radius 2 is 2.33 bits per heavy atom. The van der Waals surface area contributed by atoms with Gasteiger partial charge in [0, 0.05) is 11.5 Å². The van der Waals surface area contributed by atoms with Crippen LogP contribution in [0, 0.1) is 0 Å². The summed E-state index contributed by atoms with van der Waals surface area (Å²) >= 11 is 5.31. The third-order valence-corrected chi connectivity index (χ3v) is 1.05. The van der Waals surface area contributed by atoms with Gasteiger partial charge in [-0.15, -0.1) is 11.6 Å². The largest absolute Gasteiger partial charge is 0.466 e. The Hall–Kier alpha value is -0.500. The topological polar surface area (TPSA) is 26.3 Å². The Morgan fingerprint density at radius 3 is 2.67 bits per heavy atom. The number of rotatable bonds is 2. The molecule has 0 aromatic carbocycles. The molecule has 0 heterocycles. The van der Waals surface area contributed by atoms with Gasteiger partial charge in [-0.1, -0.05) is 6.08 Å². The van der Waals surface area contributed by atoms with E-state index in [1.54, 1.807) is 13.0 Å². The zero-order chi connectivity index (χ0) is 7.28. The number of carbonyl (C=O) groups excluding carboxylic acids is 1. The van der Waals surface area contributed by atoms with Crippen molar-refractivity contribution in [1.82, 2.24) is 0 Å². The van der Waals surface area contributed by atoms with Gasteiger partial charge in [0.15, 0.2) is 0 Å². The van der Waals surface area contributed by atoms with E-state index in [4.69, 9.17) is 11.6 Å². The van der Waals surface area contributed by atoms with Gasteiger partial charge in [-0.3, -0.25) is 0 Å². The number of halogens is 1. The molecule has 0 aliphatic rings. The predicted molar refractivity (Wildman–Crippen MR) is 36.5 cm³/mol. The molecule has 0 unspecified atom stereocenters. The lowest BCUT2D eigenvalue weighted by Gasteiger charge is -1.94. The fraction of sp³-hybridized carbons (Fsp3) is 0.500. The summed E-state index contributed by atoms with van der Waals surface area (Å²) in [5.74, 6) is 0.0247. The number of hydrogen-bond acceptors (Lipinski definition) is 2. The molecule has 0 N–H and O–H groups in total. The van der Waals surface area contributed by atoms with Crippen LogP contribution in [0.2, 0.25) is 0 Å². The highest BCUT2D eigenvalue weighted by molar-refractivity contribution is 6.19. The Labute approximate surface area is 59.5 Å². The molecule has 0 fully saturated rings. The van der Waals surface area contributed by atoms with Crippen molar-refractivity contribution in [2.45, 2.75) is 6.92 Å². The smallest absolute Gasteiger partial charge is 0.333 e. The van der Waals surface area contributed by atoms with Crippen LogP contribution in [0.4, 0.5) is 0 Å². The molecule has 3 heteroatoms. The molecular formula is C6H9ClO2. The van der Waals surface area contributed by atoms with E-state index < -0.39 is 0 Å². The number of methoxy groups -OCH3 is 1. The van der Waals surface area contributed by atoms with Crippen molar-refractivity contribution in [3.05, 3.63) is 11.6 Å². The second-order valence-electron chi connectivity index (χ2n) is 1.53. The Morgan fingerprint density at radius 1 is 1.78 bits per heavy atom. The van der Waals surface area contributed by atoms with Crippen molar-refractivity contribution in [3.8, 4) is 0 Å². The van der Waals surface area contributed by atoms with Crippen LogP contribution < -0.4 is 0 Å². The highest BCUT2D eigenvalue weighted by Gasteiger charge is 1.99. The second kappa shape index (κ2) is 4.39. The van der Waals surface area contributed by atoms with Crippen molar-refractivity contribution in [1.29, 1.82) is 0 Å². The van der Waals surface area contributed by atoms with Crippen molar-refractivity contribution in [2.24, 2.45) is 0 Å². The average Bonchev–Trinajstić information content (AvgIpc) is 1.87. The summed E-state index contributed by atoms with van der Waals surface area (Å²) in [5.41, 5.74) is 0.549.